The van der Waals surface area contributed by atoms with Gasteiger partial charge in [0.2, 0.25) is 0 Å². The molecule has 2 aliphatic rings. The molecular weight excluding hydrogens is 278 g/mol. The topological polar surface area (TPSA) is 93.8 Å². The van der Waals surface area contributed by atoms with E-state index in [1.54, 1.807) is 18.2 Å². The summed E-state index contributed by atoms with van der Waals surface area (Å²) in [4.78, 5) is 0. The van der Waals surface area contributed by atoms with Gasteiger partial charge in [0.05, 0.1) is 17.4 Å². The van der Waals surface area contributed by atoms with Gasteiger partial charge in [-0.15, -0.1) is 4.40 Å². The second-order valence-corrected chi connectivity index (χ2v) is 6.68. The van der Waals surface area contributed by atoms with Crippen LogP contribution in [0.2, 0.25) is 0 Å². The molecular formula is C13H17N3O3S. The van der Waals surface area contributed by atoms with Gasteiger partial charge in [-0.3, -0.25) is 4.72 Å². The molecule has 1 fully saturated rings. The first kappa shape index (κ1) is 13.2. The molecule has 3 N–H and O–H groups in total. The van der Waals surface area contributed by atoms with E-state index in [-0.39, 0.29) is 11.9 Å². The number of fused-ring (bicyclic) bond motifs is 1. The lowest BCUT2D eigenvalue weighted by atomic mass is 10.1. The van der Waals surface area contributed by atoms with Gasteiger partial charge in [0, 0.05) is 0 Å². The Labute approximate surface area is 118 Å². The molecule has 7 heteroatoms. The Hall–Kier alpha value is -1.76. The van der Waals surface area contributed by atoms with Crippen LogP contribution in [0, 0.1) is 5.92 Å². The van der Waals surface area contributed by atoms with Crippen molar-refractivity contribution in [2.24, 2.45) is 16.0 Å². The number of hydrogen-bond acceptors (Lipinski definition) is 4. The van der Waals surface area contributed by atoms with Crippen molar-refractivity contribution >= 4 is 21.7 Å². The number of nitrogens with two attached hydrogens (primary N) is 1. The fraction of sp³-hybridized carbons (Fsp3) is 0.462. The summed E-state index contributed by atoms with van der Waals surface area (Å²) in [6, 6.07) is 5.16. The predicted octanol–water partition coefficient (Wildman–Crippen LogP) is 1.63. The third-order valence-electron chi connectivity index (χ3n) is 3.43. The molecule has 1 aromatic carbocycles. The van der Waals surface area contributed by atoms with Crippen LogP contribution < -0.4 is 15.2 Å². The van der Waals surface area contributed by atoms with Crippen LogP contribution in [0.5, 0.6) is 5.75 Å². The van der Waals surface area contributed by atoms with Gasteiger partial charge in [0.25, 0.3) is 0 Å². The molecule has 108 valence electrons. The highest BCUT2D eigenvalue weighted by atomic mass is 32.2. The first-order valence-electron chi connectivity index (χ1n) is 6.63. The SMILES string of the molecule is CC(CC1CC1)Oc1cccc2c1C(N)=NS(=O)(=O)N2. The second kappa shape index (κ2) is 4.66. The maximum absolute atomic E-state index is 11.5. The smallest absolute Gasteiger partial charge is 0.344 e. The summed E-state index contributed by atoms with van der Waals surface area (Å²) in [6.45, 7) is 2.01. The standard InChI is InChI=1S/C13H17N3O3S/c1-8(7-9-5-6-9)19-11-4-2-3-10-12(11)13(14)16-20(17,18)15-10/h2-4,8-9,15H,5-7H2,1H3,(H2,14,16). The van der Waals surface area contributed by atoms with Gasteiger partial charge >= 0.3 is 10.2 Å². The summed E-state index contributed by atoms with van der Waals surface area (Å²) < 4.78 is 34.7. The minimum absolute atomic E-state index is 0.0343. The zero-order valence-electron chi connectivity index (χ0n) is 11.2. The second-order valence-electron chi connectivity index (χ2n) is 5.34. The van der Waals surface area contributed by atoms with Gasteiger partial charge in [-0.1, -0.05) is 18.9 Å². The van der Waals surface area contributed by atoms with Crippen molar-refractivity contribution in [1.29, 1.82) is 0 Å². The number of ether oxygens (including phenoxy) is 1. The van der Waals surface area contributed by atoms with Crippen LogP contribution in [0.1, 0.15) is 31.7 Å². The molecule has 6 nitrogen and oxygen atoms in total. The number of rotatable bonds is 4. The van der Waals surface area contributed by atoms with E-state index in [1.165, 1.54) is 12.8 Å². The lowest BCUT2D eigenvalue weighted by Crippen LogP contribution is -2.27. The summed E-state index contributed by atoms with van der Waals surface area (Å²) >= 11 is 0. The number of hydrogen-bond donors (Lipinski definition) is 2. The Morgan fingerprint density at radius 3 is 2.95 bits per heavy atom. The van der Waals surface area contributed by atoms with Gasteiger partial charge in [-0.2, -0.15) is 8.42 Å². The van der Waals surface area contributed by atoms with Crippen LogP contribution >= 0.6 is 0 Å². The van der Waals surface area contributed by atoms with Crippen molar-refractivity contribution in [3.05, 3.63) is 23.8 Å². The molecule has 0 saturated heterocycles. The summed E-state index contributed by atoms with van der Waals surface area (Å²) in [7, 11) is -3.74. The van der Waals surface area contributed by atoms with Crippen molar-refractivity contribution in [1.82, 2.24) is 0 Å². The highest BCUT2D eigenvalue weighted by Crippen LogP contribution is 2.36. The first-order chi connectivity index (χ1) is 9.44. The van der Waals surface area contributed by atoms with Crippen LogP contribution in [-0.2, 0) is 10.2 Å². The largest absolute Gasteiger partial charge is 0.490 e. The van der Waals surface area contributed by atoms with Crippen molar-refractivity contribution in [2.45, 2.75) is 32.3 Å². The molecule has 1 atom stereocenters. The van der Waals surface area contributed by atoms with Gasteiger partial charge in [0.15, 0.2) is 5.84 Å². The normalized spacial score (nSPS) is 21.4. The number of anilines is 1. The van der Waals surface area contributed by atoms with Gasteiger partial charge in [-0.25, -0.2) is 0 Å². The molecule has 0 amide bonds. The fourth-order valence-corrected chi connectivity index (χ4v) is 3.25. The lowest BCUT2D eigenvalue weighted by molar-refractivity contribution is 0.203. The average molecular weight is 295 g/mol. The minimum atomic E-state index is -3.74. The molecule has 1 aromatic rings. The van der Waals surface area contributed by atoms with E-state index in [0.29, 0.717) is 17.0 Å². The molecule has 0 spiro atoms. The van der Waals surface area contributed by atoms with E-state index >= 15 is 0 Å². The molecule has 1 aliphatic carbocycles. The van der Waals surface area contributed by atoms with Crippen molar-refractivity contribution < 1.29 is 13.2 Å². The van der Waals surface area contributed by atoms with E-state index in [9.17, 15) is 8.42 Å². The lowest BCUT2D eigenvalue weighted by Gasteiger charge is -2.21. The maximum atomic E-state index is 11.5. The Kier molecular flexibility index (Phi) is 3.08. The van der Waals surface area contributed by atoms with Crippen molar-refractivity contribution in [3.8, 4) is 5.75 Å². The number of nitrogens with zero attached hydrogens (tertiary/aromatic N) is 1. The molecule has 0 bridgehead atoms. The minimum Gasteiger partial charge on any atom is -0.490 e. The third kappa shape index (κ3) is 2.72. The molecule has 1 aliphatic heterocycles. The van der Waals surface area contributed by atoms with Gasteiger partial charge < -0.3 is 10.5 Å². The van der Waals surface area contributed by atoms with E-state index in [1.807, 2.05) is 6.92 Å². The van der Waals surface area contributed by atoms with Crippen LogP contribution in [0.3, 0.4) is 0 Å². The highest BCUT2D eigenvalue weighted by molar-refractivity contribution is 7.91. The number of nitrogens with one attached hydrogen (secondary N) is 1. The summed E-state index contributed by atoms with van der Waals surface area (Å²) in [5.74, 6) is 1.29. The van der Waals surface area contributed by atoms with Crippen LogP contribution in [0.25, 0.3) is 0 Å². The summed E-state index contributed by atoms with van der Waals surface area (Å²) in [6.07, 6.45) is 3.61. The molecule has 0 radical (unpaired) electrons. The fourth-order valence-electron chi connectivity index (χ4n) is 2.40. The number of benzene rings is 1. The molecule has 20 heavy (non-hydrogen) atoms. The van der Waals surface area contributed by atoms with Crippen LogP contribution in [0.15, 0.2) is 22.6 Å². The maximum Gasteiger partial charge on any atom is 0.344 e. The van der Waals surface area contributed by atoms with E-state index in [4.69, 9.17) is 10.5 Å². The Balaban J connectivity index is 1.89. The van der Waals surface area contributed by atoms with E-state index < -0.39 is 10.2 Å². The average Bonchev–Trinajstić information content (AvgIpc) is 3.10. The summed E-state index contributed by atoms with van der Waals surface area (Å²) in [5, 5.41) is 0. The van der Waals surface area contributed by atoms with E-state index in [0.717, 1.165) is 12.3 Å². The first-order valence-corrected chi connectivity index (χ1v) is 8.07. The summed E-state index contributed by atoms with van der Waals surface area (Å²) in [5.41, 5.74) is 6.69. The molecule has 3 rings (SSSR count). The Morgan fingerprint density at radius 2 is 2.25 bits per heavy atom. The molecule has 1 heterocycles. The number of amidine groups is 1. The zero-order valence-corrected chi connectivity index (χ0v) is 12.0. The molecule has 0 aromatic heterocycles. The van der Waals surface area contributed by atoms with Crippen LogP contribution in [-0.4, -0.2) is 20.4 Å². The van der Waals surface area contributed by atoms with Gasteiger partial charge in [0.1, 0.15) is 5.75 Å². The van der Waals surface area contributed by atoms with Gasteiger partial charge in [-0.05, 0) is 31.4 Å². The van der Waals surface area contributed by atoms with E-state index in [2.05, 4.69) is 9.12 Å². The third-order valence-corrected chi connectivity index (χ3v) is 4.35. The predicted molar refractivity (Wildman–Crippen MR) is 77.1 cm³/mol. The monoisotopic (exact) mass is 295 g/mol. The zero-order chi connectivity index (χ0) is 14.3. The molecule has 1 saturated carbocycles. The molecule has 1 unspecified atom stereocenters. The highest BCUT2D eigenvalue weighted by Gasteiger charge is 2.27. The van der Waals surface area contributed by atoms with Crippen molar-refractivity contribution in [3.63, 3.8) is 0 Å². The van der Waals surface area contributed by atoms with Crippen LogP contribution in [0.4, 0.5) is 5.69 Å². The quantitative estimate of drug-likeness (QED) is 0.882. The Bertz CT molecular complexity index is 665. The van der Waals surface area contributed by atoms with Crippen molar-refractivity contribution in [2.75, 3.05) is 4.72 Å². The Morgan fingerprint density at radius 1 is 1.50 bits per heavy atom.